The van der Waals surface area contributed by atoms with Crippen LogP contribution in [0.5, 0.6) is 5.75 Å². The van der Waals surface area contributed by atoms with Crippen LogP contribution in [0.1, 0.15) is 50.4 Å². The molecule has 0 fully saturated rings. The Hall–Kier alpha value is -1.61. The topological polar surface area (TPSA) is 26.3 Å². The van der Waals surface area contributed by atoms with Gasteiger partial charge in [-0.2, -0.15) is 0 Å². The molecule has 122 valence electrons. The molecule has 0 heterocycles. The minimum Gasteiger partial charge on any atom is -0.497 e. The summed E-state index contributed by atoms with van der Waals surface area (Å²) in [5.41, 5.74) is 0.708. The number of hydrogen-bond donors (Lipinski definition) is 0. The third-order valence-electron chi connectivity index (χ3n) is 3.92. The van der Waals surface area contributed by atoms with Gasteiger partial charge in [0.1, 0.15) is 5.75 Å². The molecule has 1 aromatic carbocycles. The first-order valence-corrected chi connectivity index (χ1v) is 8.34. The van der Waals surface area contributed by atoms with Gasteiger partial charge in [-0.15, -0.1) is 0 Å². The van der Waals surface area contributed by atoms with Gasteiger partial charge in [0.05, 0.1) is 32.9 Å². The molecule has 0 radical (unpaired) electrons. The van der Waals surface area contributed by atoms with E-state index in [1.807, 2.05) is 24.3 Å². The zero-order chi connectivity index (χ0) is 16.4. The highest BCUT2D eigenvalue weighted by Crippen LogP contribution is 2.15. The van der Waals surface area contributed by atoms with Crippen molar-refractivity contribution in [3.63, 3.8) is 0 Å². The van der Waals surface area contributed by atoms with E-state index in [1.165, 1.54) is 0 Å². The van der Waals surface area contributed by atoms with E-state index in [2.05, 4.69) is 27.0 Å². The summed E-state index contributed by atoms with van der Waals surface area (Å²) < 4.78 is 6.03. The lowest BCUT2D eigenvalue weighted by Crippen LogP contribution is -2.44. The standard InChI is InChI=1S/C19H30NO2/c1-5-13-20(14-6-2,15-7-3)16-12-19(21)17-8-10-18(22-4)11-9-17/h8-12,16H,5-7,13-15H2,1-4H3/q+1/b16-12-. The van der Waals surface area contributed by atoms with Crippen molar-refractivity contribution >= 4 is 5.78 Å². The Kier molecular flexibility index (Phi) is 7.89. The number of carbonyl (C=O) groups excluding carboxylic acids is 1. The molecule has 0 unspecified atom stereocenters. The van der Waals surface area contributed by atoms with Crippen LogP contribution in [0, 0.1) is 0 Å². The minimum atomic E-state index is 0.0634. The Labute approximate surface area is 135 Å². The van der Waals surface area contributed by atoms with Crippen LogP contribution in [0.4, 0.5) is 0 Å². The van der Waals surface area contributed by atoms with E-state index in [1.54, 1.807) is 13.2 Å². The number of ether oxygens (including phenoxy) is 1. The molecule has 0 saturated carbocycles. The third kappa shape index (κ3) is 5.30. The molecule has 0 aliphatic heterocycles. The lowest BCUT2D eigenvalue weighted by Gasteiger charge is -2.34. The zero-order valence-corrected chi connectivity index (χ0v) is 14.5. The molecule has 0 N–H and O–H groups in total. The Morgan fingerprint density at radius 1 is 1.00 bits per heavy atom. The maximum absolute atomic E-state index is 12.4. The Bertz CT molecular complexity index is 460. The molecule has 0 amide bonds. The summed E-state index contributed by atoms with van der Waals surface area (Å²) in [7, 11) is 1.63. The molecule has 0 aliphatic rings. The van der Waals surface area contributed by atoms with E-state index >= 15 is 0 Å². The van der Waals surface area contributed by atoms with E-state index in [4.69, 9.17) is 4.74 Å². The van der Waals surface area contributed by atoms with Gasteiger partial charge < -0.3 is 4.74 Å². The number of benzene rings is 1. The average molecular weight is 304 g/mol. The van der Waals surface area contributed by atoms with E-state index in [9.17, 15) is 4.79 Å². The van der Waals surface area contributed by atoms with Crippen molar-refractivity contribution in [2.45, 2.75) is 40.0 Å². The molecule has 0 bridgehead atoms. The molecule has 0 spiro atoms. The van der Waals surface area contributed by atoms with Crippen molar-refractivity contribution < 1.29 is 14.0 Å². The predicted octanol–water partition coefficient (Wildman–Crippen LogP) is 4.44. The fourth-order valence-electron chi connectivity index (χ4n) is 2.97. The summed E-state index contributed by atoms with van der Waals surface area (Å²) in [5.74, 6) is 0.835. The second-order valence-corrected chi connectivity index (χ2v) is 5.80. The molecule has 22 heavy (non-hydrogen) atoms. The first-order valence-electron chi connectivity index (χ1n) is 8.34. The van der Waals surface area contributed by atoms with Crippen LogP contribution in [0.2, 0.25) is 0 Å². The summed E-state index contributed by atoms with van der Waals surface area (Å²) in [4.78, 5) is 12.4. The summed E-state index contributed by atoms with van der Waals surface area (Å²) in [6, 6.07) is 7.29. The lowest BCUT2D eigenvalue weighted by molar-refractivity contribution is -0.879. The van der Waals surface area contributed by atoms with Crippen LogP contribution in [-0.4, -0.2) is 37.0 Å². The van der Waals surface area contributed by atoms with Gasteiger partial charge in [-0.05, 0) is 43.5 Å². The number of nitrogens with zero attached hydrogens (tertiary/aromatic N) is 1. The second kappa shape index (κ2) is 9.42. The minimum absolute atomic E-state index is 0.0634. The first kappa shape index (κ1) is 18.4. The molecule has 3 heteroatoms. The highest BCUT2D eigenvalue weighted by atomic mass is 16.5. The quantitative estimate of drug-likeness (QED) is 0.363. The van der Waals surface area contributed by atoms with Crippen molar-refractivity contribution in [1.82, 2.24) is 0 Å². The van der Waals surface area contributed by atoms with Crippen molar-refractivity contribution in [2.75, 3.05) is 26.7 Å². The van der Waals surface area contributed by atoms with E-state index in [-0.39, 0.29) is 5.78 Å². The van der Waals surface area contributed by atoms with Crippen LogP contribution >= 0.6 is 0 Å². The van der Waals surface area contributed by atoms with Crippen molar-refractivity contribution in [1.29, 1.82) is 0 Å². The van der Waals surface area contributed by atoms with E-state index < -0.39 is 0 Å². The lowest BCUT2D eigenvalue weighted by atomic mass is 10.1. The van der Waals surface area contributed by atoms with Gasteiger partial charge in [0.2, 0.25) is 0 Å². The van der Waals surface area contributed by atoms with Crippen molar-refractivity contribution in [3.05, 3.63) is 42.1 Å². The average Bonchev–Trinajstić information content (AvgIpc) is 2.53. The van der Waals surface area contributed by atoms with Crippen molar-refractivity contribution in [2.24, 2.45) is 0 Å². The Morgan fingerprint density at radius 3 is 1.91 bits per heavy atom. The fourth-order valence-corrected chi connectivity index (χ4v) is 2.97. The Morgan fingerprint density at radius 2 is 1.50 bits per heavy atom. The molecule has 3 nitrogen and oxygen atoms in total. The van der Waals surface area contributed by atoms with Gasteiger partial charge in [-0.3, -0.25) is 9.28 Å². The highest BCUT2D eigenvalue weighted by Gasteiger charge is 2.22. The van der Waals surface area contributed by atoms with E-state index in [0.29, 0.717) is 5.56 Å². The number of rotatable bonds is 10. The van der Waals surface area contributed by atoms with Gasteiger partial charge in [-0.25, -0.2) is 0 Å². The molecule has 1 rings (SSSR count). The zero-order valence-electron chi connectivity index (χ0n) is 14.5. The van der Waals surface area contributed by atoms with Crippen LogP contribution < -0.4 is 4.74 Å². The molecular weight excluding hydrogens is 274 g/mol. The number of quaternary nitrogens is 1. The second-order valence-electron chi connectivity index (χ2n) is 5.80. The smallest absolute Gasteiger partial charge is 0.191 e. The summed E-state index contributed by atoms with van der Waals surface area (Å²) in [6.07, 6.45) is 7.25. The molecule has 0 aliphatic carbocycles. The number of ketones is 1. The van der Waals surface area contributed by atoms with Crippen molar-refractivity contribution in [3.8, 4) is 5.75 Å². The van der Waals surface area contributed by atoms with Gasteiger partial charge >= 0.3 is 0 Å². The van der Waals surface area contributed by atoms with Crippen LogP contribution in [-0.2, 0) is 0 Å². The van der Waals surface area contributed by atoms with Gasteiger partial charge in [0, 0.05) is 11.6 Å². The third-order valence-corrected chi connectivity index (χ3v) is 3.92. The monoisotopic (exact) mass is 304 g/mol. The van der Waals surface area contributed by atoms with Gasteiger partial charge in [0.15, 0.2) is 5.78 Å². The normalized spacial score (nSPS) is 11.8. The molecule has 0 aromatic heterocycles. The van der Waals surface area contributed by atoms with E-state index in [0.717, 1.165) is 49.1 Å². The highest BCUT2D eigenvalue weighted by molar-refractivity contribution is 6.04. The predicted molar refractivity (Wildman–Crippen MR) is 92.2 cm³/mol. The maximum Gasteiger partial charge on any atom is 0.191 e. The van der Waals surface area contributed by atoms with Crippen LogP contribution in [0.15, 0.2) is 36.5 Å². The summed E-state index contributed by atoms with van der Waals surface area (Å²) in [6.45, 7) is 9.89. The maximum atomic E-state index is 12.4. The molecule has 0 saturated heterocycles. The number of allylic oxidation sites excluding steroid dienone is 1. The molecule has 0 atom stereocenters. The van der Waals surface area contributed by atoms with Gasteiger partial charge in [0.25, 0.3) is 0 Å². The van der Waals surface area contributed by atoms with Crippen LogP contribution in [0.25, 0.3) is 0 Å². The number of hydrogen-bond acceptors (Lipinski definition) is 2. The first-order chi connectivity index (χ1) is 10.6. The van der Waals surface area contributed by atoms with Crippen LogP contribution in [0.3, 0.4) is 0 Å². The largest absolute Gasteiger partial charge is 0.497 e. The SMILES string of the molecule is CCC[N+](/C=C\C(=O)c1ccc(OC)cc1)(CCC)CCC. The Balaban J connectivity index is 2.89. The van der Waals surface area contributed by atoms with Gasteiger partial charge in [-0.1, -0.05) is 20.8 Å². The summed E-state index contributed by atoms with van der Waals surface area (Å²) >= 11 is 0. The number of methoxy groups -OCH3 is 1. The molecular formula is C19H30NO2+. The fraction of sp³-hybridized carbons (Fsp3) is 0.526. The molecule has 1 aromatic rings. The summed E-state index contributed by atoms with van der Waals surface area (Å²) in [5, 5.41) is 0. The number of carbonyl (C=O) groups is 1.